The highest BCUT2D eigenvalue weighted by Crippen LogP contribution is 2.29. The zero-order chi connectivity index (χ0) is 15.5. The Bertz CT molecular complexity index is 640. The van der Waals surface area contributed by atoms with Crippen LogP contribution in [0, 0.1) is 10.1 Å². The van der Waals surface area contributed by atoms with E-state index in [1.165, 1.54) is 12.1 Å². The molecule has 0 amide bonds. The molecular weight excluding hydrogens is 305 g/mol. The highest BCUT2D eigenvalue weighted by atomic mass is 32.1. The van der Waals surface area contributed by atoms with E-state index in [2.05, 4.69) is 5.32 Å². The summed E-state index contributed by atoms with van der Waals surface area (Å²) < 4.78 is 37.7. The number of nitrogens with zero attached hydrogens (tertiary/aromatic N) is 1. The third kappa shape index (κ3) is 4.27. The first-order valence-electron chi connectivity index (χ1n) is 5.96. The van der Waals surface area contributed by atoms with Crippen LogP contribution in [-0.2, 0) is 19.3 Å². The predicted molar refractivity (Wildman–Crippen MR) is 73.0 cm³/mol. The lowest BCUT2D eigenvalue weighted by Crippen LogP contribution is -2.13. The van der Waals surface area contributed by atoms with E-state index >= 15 is 0 Å². The maximum atomic E-state index is 12.6. The number of rotatable bonds is 5. The molecule has 4 nitrogen and oxygen atoms in total. The number of nitro groups is 1. The number of nitrogens with one attached hydrogen (secondary N) is 1. The molecule has 0 spiro atoms. The Hall–Kier alpha value is -1.93. The second-order valence-electron chi connectivity index (χ2n) is 4.30. The van der Waals surface area contributed by atoms with Crippen LogP contribution in [0.5, 0.6) is 0 Å². The van der Waals surface area contributed by atoms with Crippen LogP contribution < -0.4 is 5.32 Å². The van der Waals surface area contributed by atoms with Crippen LogP contribution in [0.4, 0.5) is 18.2 Å². The quantitative estimate of drug-likeness (QED) is 0.671. The van der Waals surface area contributed by atoms with Crippen LogP contribution in [0.15, 0.2) is 36.4 Å². The number of hydrogen-bond acceptors (Lipinski definition) is 4. The first-order chi connectivity index (χ1) is 9.86. The molecule has 0 unspecified atom stereocenters. The van der Waals surface area contributed by atoms with Gasteiger partial charge in [-0.1, -0.05) is 29.5 Å². The van der Waals surface area contributed by atoms with E-state index in [9.17, 15) is 23.3 Å². The second-order valence-corrected chi connectivity index (χ2v) is 5.45. The molecule has 0 aliphatic carbocycles. The standard InChI is InChI=1S/C13H11F3N2O2S/c14-13(15,16)10-3-1-2-9(6-10)7-17-8-11-4-5-12(21-11)18(19)20/h1-6,17H,7-8H2. The average Bonchev–Trinajstić information content (AvgIpc) is 2.87. The zero-order valence-electron chi connectivity index (χ0n) is 10.7. The van der Waals surface area contributed by atoms with Gasteiger partial charge in [0.25, 0.3) is 0 Å². The molecule has 8 heteroatoms. The molecular formula is C13H11F3N2O2S. The minimum Gasteiger partial charge on any atom is -0.308 e. The molecule has 21 heavy (non-hydrogen) atoms. The Kier molecular flexibility index (Phi) is 4.59. The Morgan fingerprint density at radius 3 is 2.57 bits per heavy atom. The van der Waals surface area contributed by atoms with Crippen molar-refractivity contribution in [2.24, 2.45) is 0 Å². The zero-order valence-corrected chi connectivity index (χ0v) is 11.5. The summed E-state index contributed by atoms with van der Waals surface area (Å²) in [4.78, 5) is 10.8. The van der Waals surface area contributed by atoms with Crippen molar-refractivity contribution in [1.82, 2.24) is 5.32 Å². The third-order valence-electron chi connectivity index (χ3n) is 2.71. The lowest BCUT2D eigenvalue weighted by molar-refractivity contribution is -0.380. The summed E-state index contributed by atoms with van der Waals surface area (Å²) in [6.07, 6.45) is -4.36. The van der Waals surface area contributed by atoms with Crippen molar-refractivity contribution in [2.75, 3.05) is 0 Å². The van der Waals surface area contributed by atoms with Crippen molar-refractivity contribution in [3.05, 3.63) is 62.5 Å². The largest absolute Gasteiger partial charge is 0.416 e. The molecule has 0 bridgehead atoms. The van der Waals surface area contributed by atoms with Crippen molar-refractivity contribution in [2.45, 2.75) is 19.3 Å². The normalized spacial score (nSPS) is 11.6. The van der Waals surface area contributed by atoms with Gasteiger partial charge in [-0.25, -0.2) is 0 Å². The summed E-state index contributed by atoms with van der Waals surface area (Å²) in [6.45, 7) is 0.629. The molecule has 1 aromatic carbocycles. The van der Waals surface area contributed by atoms with Crippen molar-refractivity contribution in [3.63, 3.8) is 0 Å². The summed E-state index contributed by atoms with van der Waals surface area (Å²) in [5.74, 6) is 0. The number of benzene rings is 1. The number of halogens is 3. The van der Waals surface area contributed by atoms with E-state index in [-0.39, 0.29) is 11.5 Å². The van der Waals surface area contributed by atoms with Gasteiger partial charge in [-0.05, 0) is 17.7 Å². The Balaban J connectivity index is 1.92. The Labute approximate surface area is 122 Å². The summed E-state index contributed by atoms with van der Waals surface area (Å²) in [7, 11) is 0. The van der Waals surface area contributed by atoms with Crippen LogP contribution >= 0.6 is 11.3 Å². The molecule has 0 atom stereocenters. The Morgan fingerprint density at radius 1 is 1.19 bits per heavy atom. The second kappa shape index (κ2) is 6.23. The summed E-state index contributed by atoms with van der Waals surface area (Å²) in [6, 6.07) is 8.10. The van der Waals surface area contributed by atoms with Gasteiger partial charge in [0.1, 0.15) is 0 Å². The minimum atomic E-state index is -4.36. The van der Waals surface area contributed by atoms with E-state index < -0.39 is 16.7 Å². The first-order valence-corrected chi connectivity index (χ1v) is 6.78. The van der Waals surface area contributed by atoms with Gasteiger partial charge in [-0.3, -0.25) is 10.1 Å². The third-order valence-corrected chi connectivity index (χ3v) is 3.75. The van der Waals surface area contributed by atoms with Gasteiger partial charge in [0.2, 0.25) is 0 Å². The van der Waals surface area contributed by atoms with Crippen molar-refractivity contribution < 1.29 is 18.1 Å². The fourth-order valence-corrected chi connectivity index (χ4v) is 2.54. The van der Waals surface area contributed by atoms with Crippen LogP contribution in [0.3, 0.4) is 0 Å². The van der Waals surface area contributed by atoms with E-state index in [1.807, 2.05) is 0 Å². The van der Waals surface area contributed by atoms with E-state index in [0.717, 1.165) is 28.3 Å². The van der Waals surface area contributed by atoms with Crippen molar-refractivity contribution in [3.8, 4) is 0 Å². The van der Waals surface area contributed by atoms with Crippen LogP contribution in [0.1, 0.15) is 16.0 Å². The monoisotopic (exact) mass is 316 g/mol. The molecule has 1 aromatic heterocycles. The van der Waals surface area contributed by atoms with E-state index in [1.54, 1.807) is 12.1 Å². The Morgan fingerprint density at radius 2 is 1.95 bits per heavy atom. The molecule has 2 rings (SSSR count). The lowest BCUT2D eigenvalue weighted by Gasteiger charge is -2.09. The van der Waals surface area contributed by atoms with Crippen LogP contribution in [0.25, 0.3) is 0 Å². The molecule has 0 aliphatic heterocycles. The molecule has 1 N–H and O–H groups in total. The predicted octanol–water partition coefficient (Wildman–Crippen LogP) is 3.96. The van der Waals surface area contributed by atoms with Gasteiger partial charge in [0, 0.05) is 24.0 Å². The maximum Gasteiger partial charge on any atom is 0.416 e. The molecule has 0 radical (unpaired) electrons. The van der Waals surface area contributed by atoms with E-state index in [4.69, 9.17) is 0 Å². The van der Waals surface area contributed by atoms with Crippen molar-refractivity contribution >= 4 is 16.3 Å². The molecule has 2 aromatic rings. The van der Waals surface area contributed by atoms with Gasteiger partial charge in [0.05, 0.1) is 10.5 Å². The highest BCUT2D eigenvalue weighted by Gasteiger charge is 2.30. The molecule has 0 fully saturated rings. The van der Waals surface area contributed by atoms with Gasteiger partial charge in [-0.15, -0.1) is 0 Å². The molecule has 0 saturated heterocycles. The van der Waals surface area contributed by atoms with Gasteiger partial charge >= 0.3 is 11.2 Å². The van der Waals surface area contributed by atoms with E-state index in [0.29, 0.717) is 12.1 Å². The smallest absolute Gasteiger partial charge is 0.308 e. The summed E-state index contributed by atoms with van der Waals surface area (Å²) in [5.41, 5.74) is -0.176. The average molecular weight is 316 g/mol. The summed E-state index contributed by atoms with van der Waals surface area (Å²) >= 11 is 1.04. The SMILES string of the molecule is O=[N+]([O-])c1ccc(CNCc2cccc(C(F)(F)F)c2)s1. The van der Waals surface area contributed by atoms with Gasteiger partial charge in [-0.2, -0.15) is 13.2 Å². The van der Waals surface area contributed by atoms with Gasteiger partial charge < -0.3 is 5.32 Å². The topological polar surface area (TPSA) is 55.2 Å². The van der Waals surface area contributed by atoms with Crippen LogP contribution in [0.2, 0.25) is 0 Å². The minimum absolute atomic E-state index is 0.0471. The van der Waals surface area contributed by atoms with Crippen molar-refractivity contribution in [1.29, 1.82) is 0 Å². The molecule has 1 heterocycles. The molecule has 0 aliphatic rings. The highest BCUT2D eigenvalue weighted by molar-refractivity contribution is 7.15. The number of hydrogen-bond donors (Lipinski definition) is 1. The first kappa shape index (κ1) is 15.5. The number of alkyl halides is 3. The molecule has 0 saturated carbocycles. The van der Waals surface area contributed by atoms with Crippen LogP contribution in [-0.4, -0.2) is 4.92 Å². The fraction of sp³-hybridized carbons (Fsp3) is 0.231. The summed E-state index contributed by atoms with van der Waals surface area (Å²) in [5, 5.41) is 13.5. The fourth-order valence-electron chi connectivity index (χ4n) is 1.75. The number of thiophene rings is 1. The van der Waals surface area contributed by atoms with Gasteiger partial charge in [0.15, 0.2) is 0 Å². The maximum absolute atomic E-state index is 12.6. The lowest BCUT2D eigenvalue weighted by atomic mass is 10.1. The molecule has 112 valence electrons.